The number of aliphatic imine (C=N–C) groups is 2. The van der Waals surface area contributed by atoms with E-state index in [1.165, 1.54) is 18.2 Å². The Morgan fingerprint density at radius 1 is 0.884 bits per heavy atom. The molecule has 0 spiro atoms. The van der Waals surface area contributed by atoms with Crippen LogP contribution in [0, 0.1) is 11.6 Å². The maximum absolute atomic E-state index is 14.2. The van der Waals surface area contributed by atoms with Crippen molar-refractivity contribution < 1.29 is 26.7 Å². The van der Waals surface area contributed by atoms with E-state index in [1.807, 2.05) is 12.1 Å². The highest BCUT2D eigenvalue weighted by Crippen LogP contribution is 2.37. The number of amides is 1. The summed E-state index contributed by atoms with van der Waals surface area (Å²) >= 11 is 0. The van der Waals surface area contributed by atoms with Crippen molar-refractivity contribution in [1.29, 1.82) is 0 Å². The largest absolute Gasteiger partial charge is 0.416 e. The summed E-state index contributed by atoms with van der Waals surface area (Å²) in [5, 5.41) is 10.1. The number of hydrogen-bond acceptors (Lipinski definition) is 5. The molecule has 7 nitrogen and oxygen atoms in total. The van der Waals surface area contributed by atoms with Crippen LogP contribution in [0.5, 0.6) is 0 Å². The quantitative estimate of drug-likeness (QED) is 0.208. The maximum atomic E-state index is 14.2. The van der Waals surface area contributed by atoms with E-state index in [-0.39, 0.29) is 17.3 Å². The molecule has 1 amide bonds. The van der Waals surface area contributed by atoms with Crippen LogP contribution >= 0.6 is 0 Å². The Morgan fingerprint density at radius 2 is 1.63 bits per heavy atom. The number of fused-ring (bicyclic) bond motifs is 1. The highest BCUT2D eigenvalue weighted by atomic mass is 19.4. The lowest BCUT2D eigenvalue weighted by Gasteiger charge is -2.18. The summed E-state index contributed by atoms with van der Waals surface area (Å²) in [5.74, 6) is -2.78. The lowest BCUT2D eigenvalue weighted by molar-refractivity contribution is -0.137. The first kappa shape index (κ1) is 27.8. The molecule has 0 radical (unpaired) electrons. The topological polar surface area (TPSA) is 83.2 Å². The van der Waals surface area contributed by atoms with Crippen LogP contribution in [0.1, 0.15) is 33.9 Å². The highest BCUT2D eigenvalue weighted by molar-refractivity contribution is 6.05. The monoisotopic (exact) mass is 588 g/mol. The first-order valence-electron chi connectivity index (χ1n) is 13.0. The van der Waals surface area contributed by atoms with E-state index >= 15 is 0 Å². The first-order valence-corrected chi connectivity index (χ1v) is 13.0. The van der Waals surface area contributed by atoms with Gasteiger partial charge < -0.3 is 10.6 Å². The number of nitrogens with one attached hydrogen (secondary N) is 2. The fourth-order valence-electron chi connectivity index (χ4n) is 4.83. The number of carbonyl (C=O) groups is 1. The van der Waals surface area contributed by atoms with Crippen molar-refractivity contribution in [2.75, 3.05) is 10.6 Å². The zero-order valence-electron chi connectivity index (χ0n) is 22.1. The van der Waals surface area contributed by atoms with Crippen LogP contribution < -0.4 is 10.6 Å². The molecule has 12 heteroatoms. The molecule has 0 fully saturated rings. The van der Waals surface area contributed by atoms with Gasteiger partial charge in [0.25, 0.3) is 5.91 Å². The number of pyridine rings is 1. The van der Waals surface area contributed by atoms with Crippen molar-refractivity contribution in [1.82, 2.24) is 9.61 Å². The van der Waals surface area contributed by atoms with Gasteiger partial charge in [-0.3, -0.25) is 4.79 Å². The standard InChI is InChI=1S/C31H21F5N6O/c32-22-10-5-11-23(33)26(22)29(43)38-20-8-3-6-18(16-20)28-27(25-12-1-2-15-42(25)41-28)24-13-14-37-30(40-24)39-21-9-4-7-19(17-21)31(34,35)36/h1-12,14-17,24H,13H2,(H,38,43)(H,39,40). The molecule has 5 aromatic rings. The second kappa shape index (κ2) is 11.1. The number of benzene rings is 3. The van der Waals surface area contributed by atoms with E-state index in [1.54, 1.807) is 47.3 Å². The van der Waals surface area contributed by atoms with Crippen LogP contribution in [0.25, 0.3) is 16.8 Å². The van der Waals surface area contributed by atoms with Crippen molar-refractivity contribution in [3.8, 4) is 11.3 Å². The Balaban J connectivity index is 1.34. The molecule has 0 aliphatic carbocycles. The Bertz CT molecular complexity index is 1890. The maximum Gasteiger partial charge on any atom is 0.416 e. The van der Waals surface area contributed by atoms with Gasteiger partial charge in [0.2, 0.25) is 5.96 Å². The van der Waals surface area contributed by atoms with Crippen molar-refractivity contribution in [3.05, 3.63) is 119 Å². The molecule has 1 aliphatic rings. The summed E-state index contributed by atoms with van der Waals surface area (Å²) in [6.45, 7) is 0. The molecule has 1 unspecified atom stereocenters. The van der Waals surface area contributed by atoms with Gasteiger partial charge in [-0.25, -0.2) is 23.3 Å². The molecule has 2 N–H and O–H groups in total. The predicted octanol–water partition coefficient (Wildman–Crippen LogP) is 7.53. The van der Waals surface area contributed by atoms with Gasteiger partial charge in [-0.15, -0.1) is 0 Å². The molecule has 3 aromatic carbocycles. The molecule has 1 aliphatic heterocycles. The average molecular weight is 589 g/mol. The summed E-state index contributed by atoms with van der Waals surface area (Å²) in [6, 6.07) is 19.6. The second-order valence-electron chi connectivity index (χ2n) is 9.64. The van der Waals surface area contributed by atoms with E-state index in [2.05, 4.69) is 15.6 Å². The van der Waals surface area contributed by atoms with E-state index in [4.69, 9.17) is 10.1 Å². The van der Waals surface area contributed by atoms with Crippen LogP contribution in [0.4, 0.5) is 33.3 Å². The summed E-state index contributed by atoms with van der Waals surface area (Å²) in [6.07, 6.45) is -0.720. The molecule has 0 bridgehead atoms. The van der Waals surface area contributed by atoms with Gasteiger partial charge in [0.1, 0.15) is 17.2 Å². The third-order valence-electron chi connectivity index (χ3n) is 6.76. The Kier molecular flexibility index (Phi) is 7.18. The van der Waals surface area contributed by atoms with Crippen LogP contribution in [0.15, 0.2) is 101 Å². The normalized spacial score (nSPS) is 14.9. The highest BCUT2D eigenvalue weighted by Gasteiger charge is 2.31. The van der Waals surface area contributed by atoms with Crippen molar-refractivity contribution >= 4 is 35.0 Å². The van der Waals surface area contributed by atoms with Crippen molar-refractivity contribution in [2.24, 2.45) is 9.98 Å². The number of nitrogens with zero attached hydrogens (tertiary/aromatic N) is 4. The molecular weight excluding hydrogens is 567 g/mol. The minimum absolute atomic E-state index is 0.129. The zero-order valence-corrected chi connectivity index (χ0v) is 22.1. The van der Waals surface area contributed by atoms with Gasteiger partial charge in [-0.2, -0.15) is 18.3 Å². The van der Waals surface area contributed by atoms with Crippen molar-refractivity contribution in [2.45, 2.75) is 18.6 Å². The molecule has 216 valence electrons. The van der Waals surface area contributed by atoms with Crippen LogP contribution in [0.2, 0.25) is 0 Å². The lowest BCUT2D eigenvalue weighted by atomic mass is 9.98. The van der Waals surface area contributed by atoms with E-state index in [0.29, 0.717) is 17.7 Å². The Hall–Kier alpha value is -5.39. The fraction of sp³-hybridized carbons (Fsp3) is 0.0968. The molecule has 0 saturated heterocycles. The van der Waals surface area contributed by atoms with Crippen LogP contribution in [0.3, 0.4) is 0 Å². The Morgan fingerprint density at radius 3 is 2.42 bits per heavy atom. The van der Waals surface area contributed by atoms with Gasteiger partial charge in [-0.1, -0.05) is 30.3 Å². The minimum Gasteiger partial charge on any atom is -0.324 e. The van der Waals surface area contributed by atoms with E-state index < -0.39 is 40.9 Å². The first-order chi connectivity index (χ1) is 20.7. The molecule has 43 heavy (non-hydrogen) atoms. The lowest BCUT2D eigenvalue weighted by Crippen LogP contribution is -2.17. The average Bonchev–Trinajstić information content (AvgIpc) is 3.37. The van der Waals surface area contributed by atoms with Gasteiger partial charge in [0, 0.05) is 41.3 Å². The second-order valence-corrected chi connectivity index (χ2v) is 9.64. The number of carbonyl (C=O) groups excluding carboxylic acids is 1. The van der Waals surface area contributed by atoms with Crippen molar-refractivity contribution in [3.63, 3.8) is 0 Å². The third kappa shape index (κ3) is 5.71. The predicted molar refractivity (Wildman–Crippen MR) is 153 cm³/mol. The van der Waals surface area contributed by atoms with Gasteiger partial charge in [-0.05, 0) is 54.6 Å². The van der Waals surface area contributed by atoms with E-state index in [0.717, 1.165) is 35.3 Å². The summed E-state index contributed by atoms with van der Waals surface area (Å²) in [5.41, 5.74) is 1.55. The summed E-state index contributed by atoms with van der Waals surface area (Å²) in [7, 11) is 0. The SMILES string of the molecule is O=C(Nc1cccc(-c2nn3ccccc3c2C2CC=NC(Nc3cccc(C(F)(F)F)c3)=N2)c1)c1c(F)cccc1F. The van der Waals surface area contributed by atoms with Crippen LogP contribution in [-0.4, -0.2) is 27.7 Å². The molecule has 1 atom stereocenters. The number of guanidine groups is 1. The molecule has 3 heterocycles. The minimum atomic E-state index is -4.50. The number of halogens is 5. The van der Waals surface area contributed by atoms with Gasteiger partial charge in [0.05, 0.1) is 22.8 Å². The fourth-order valence-corrected chi connectivity index (χ4v) is 4.83. The molecule has 0 saturated carbocycles. The number of aromatic nitrogens is 2. The number of hydrogen-bond donors (Lipinski definition) is 2. The summed E-state index contributed by atoms with van der Waals surface area (Å²) < 4.78 is 69.7. The van der Waals surface area contributed by atoms with E-state index in [9.17, 15) is 26.7 Å². The summed E-state index contributed by atoms with van der Waals surface area (Å²) in [4.78, 5) is 21.7. The number of anilines is 2. The molecule has 2 aromatic heterocycles. The number of rotatable bonds is 5. The van der Waals surface area contributed by atoms with Crippen LogP contribution in [-0.2, 0) is 6.18 Å². The van der Waals surface area contributed by atoms with Gasteiger partial charge in [0.15, 0.2) is 0 Å². The van der Waals surface area contributed by atoms with Gasteiger partial charge >= 0.3 is 6.18 Å². The molecule has 6 rings (SSSR count). The molecular formula is C31H21F5N6O. The smallest absolute Gasteiger partial charge is 0.324 e. The third-order valence-corrected chi connectivity index (χ3v) is 6.76. The zero-order chi connectivity index (χ0) is 30.1. The Labute approximate surface area is 241 Å². The number of alkyl halides is 3.